The van der Waals surface area contributed by atoms with Crippen LogP contribution in [0.2, 0.25) is 0 Å². The van der Waals surface area contributed by atoms with Gasteiger partial charge in [-0.15, -0.1) is 0 Å². The molecule has 0 bridgehead atoms. The van der Waals surface area contributed by atoms with Crippen LogP contribution in [0.5, 0.6) is 0 Å². The summed E-state index contributed by atoms with van der Waals surface area (Å²) in [6.07, 6.45) is 2.59. The zero-order chi connectivity index (χ0) is 12.5. The van der Waals surface area contributed by atoms with Crippen molar-refractivity contribution in [3.8, 4) is 0 Å². The average Bonchev–Trinajstić information content (AvgIpc) is 2.37. The zero-order valence-corrected chi connectivity index (χ0v) is 10.7. The molecular formula is C11H18N4OS. The number of nitrogens with zero attached hydrogens (tertiary/aromatic N) is 1. The minimum Gasteiger partial charge on any atom is -0.327 e. The topological polar surface area (TPSA) is 80.0 Å². The van der Waals surface area contributed by atoms with E-state index in [2.05, 4.69) is 15.8 Å². The number of pyridine rings is 1. The van der Waals surface area contributed by atoms with E-state index < -0.39 is 0 Å². The van der Waals surface area contributed by atoms with Crippen molar-refractivity contribution in [1.29, 1.82) is 0 Å². The van der Waals surface area contributed by atoms with Gasteiger partial charge in [-0.3, -0.25) is 15.6 Å². The van der Waals surface area contributed by atoms with Crippen LogP contribution in [-0.4, -0.2) is 28.4 Å². The van der Waals surface area contributed by atoms with Crippen molar-refractivity contribution in [1.82, 2.24) is 10.4 Å². The number of carbonyl (C=O) groups is 1. The smallest absolute Gasteiger partial charge is 0.248 e. The van der Waals surface area contributed by atoms with E-state index in [0.29, 0.717) is 11.6 Å². The molecule has 0 spiro atoms. The van der Waals surface area contributed by atoms with Crippen LogP contribution in [0, 0.1) is 0 Å². The number of hydrazine groups is 1. The Hall–Kier alpha value is -1.27. The molecule has 0 fully saturated rings. The van der Waals surface area contributed by atoms with E-state index in [0.717, 1.165) is 12.2 Å². The summed E-state index contributed by atoms with van der Waals surface area (Å²) in [5.41, 5.74) is 11.1. The van der Waals surface area contributed by atoms with Gasteiger partial charge in [-0.2, -0.15) is 11.8 Å². The lowest BCUT2D eigenvalue weighted by Gasteiger charge is -2.09. The number of aromatic nitrogens is 1. The maximum atomic E-state index is 11.4. The fraction of sp³-hybridized carbons (Fsp3) is 0.455. The average molecular weight is 254 g/mol. The molecule has 0 saturated carbocycles. The second-order valence-corrected chi connectivity index (χ2v) is 4.60. The molecule has 1 aromatic rings. The molecule has 1 rings (SSSR count). The van der Waals surface area contributed by atoms with Gasteiger partial charge in [0.25, 0.3) is 0 Å². The van der Waals surface area contributed by atoms with Gasteiger partial charge in [0.1, 0.15) is 5.82 Å². The van der Waals surface area contributed by atoms with Crippen molar-refractivity contribution in [2.75, 3.05) is 16.9 Å². The monoisotopic (exact) mass is 254 g/mol. The standard InChI is InChI=1S/C11H18N4OS/c1-2-9(12)7-17-8-11(16)15-14-10-5-3-4-6-13-10/h3-6,9H,2,7-8,12H2,1H3,(H,13,14)(H,15,16). The Morgan fingerprint density at radius 2 is 2.41 bits per heavy atom. The second-order valence-electron chi connectivity index (χ2n) is 3.57. The summed E-state index contributed by atoms with van der Waals surface area (Å²) >= 11 is 1.53. The summed E-state index contributed by atoms with van der Waals surface area (Å²) in [5, 5.41) is 0. The summed E-state index contributed by atoms with van der Waals surface area (Å²) in [5.74, 6) is 1.74. The number of nitrogens with two attached hydrogens (primary N) is 1. The van der Waals surface area contributed by atoms with Gasteiger partial charge in [0.2, 0.25) is 5.91 Å². The first-order valence-electron chi connectivity index (χ1n) is 5.51. The predicted octanol–water partition coefficient (Wildman–Crippen LogP) is 0.995. The highest BCUT2D eigenvalue weighted by molar-refractivity contribution is 7.99. The molecule has 1 aromatic heterocycles. The van der Waals surface area contributed by atoms with Gasteiger partial charge in [0.05, 0.1) is 5.75 Å². The largest absolute Gasteiger partial charge is 0.327 e. The van der Waals surface area contributed by atoms with E-state index in [1.54, 1.807) is 12.3 Å². The van der Waals surface area contributed by atoms with Gasteiger partial charge in [-0.05, 0) is 18.6 Å². The van der Waals surface area contributed by atoms with Gasteiger partial charge >= 0.3 is 0 Å². The van der Waals surface area contributed by atoms with Gasteiger partial charge in [0.15, 0.2) is 0 Å². The highest BCUT2D eigenvalue weighted by Crippen LogP contribution is 2.03. The Balaban J connectivity index is 2.13. The quantitative estimate of drug-likeness (QED) is 0.632. The lowest BCUT2D eigenvalue weighted by Crippen LogP contribution is -2.32. The van der Waals surface area contributed by atoms with Crippen molar-refractivity contribution in [3.63, 3.8) is 0 Å². The number of anilines is 1. The molecule has 0 aromatic carbocycles. The number of hydrogen-bond acceptors (Lipinski definition) is 5. The van der Waals surface area contributed by atoms with Gasteiger partial charge in [-0.25, -0.2) is 4.98 Å². The van der Waals surface area contributed by atoms with Gasteiger partial charge in [0, 0.05) is 18.0 Å². The predicted molar refractivity (Wildman–Crippen MR) is 71.6 cm³/mol. The number of amides is 1. The maximum Gasteiger partial charge on any atom is 0.248 e. The molecule has 0 radical (unpaired) electrons. The molecule has 0 aliphatic heterocycles. The lowest BCUT2D eigenvalue weighted by atomic mass is 10.3. The molecular weight excluding hydrogens is 236 g/mol. The van der Waals surface area contributed by atoms with Crippen LogP contribution in [0.1, 0.15) is 13.3 Å². The first-order valence-corrected chi connectivity index (χ1v) is 6.67. The van der Waals surface area contributed by atoms with E-state index in [1.165, 1.54) is 11.8 Å². The van der Waals surface area contributed by atoms with Crippen LogP contribution < -0.4 is 16.6 Å². The van der Waals surface area contributed by atoms with Crippen molar-refractivity contribution in [3.05, 3.63) is 24.4 Å². The lowest BCUT2D eigenvalue weighted by molar-refractivity contribution is -0.118. The van der Waals surface area contributed by atoms with Gasteiger partial charge in [-0.1, -0.05) is 13.0 Å². The minimum absolute atomic E-state index is 0.0797. The summed E-state index contributed by atoms with van der Waals surface area (Å²) < 4.78 is 0. The van der Waals surface area contributed by atoms with Crippen molar-refractivity contribution >= 4 is 23.5 Å². The third-order valence-corrected chi connectivity index (χ3v) is 3.21. The van der Waals surface area contributed by atoms with Crippen LogP contribution in [0.3, 0.4) is 0 Å². The number of carbonyl (C=O) groups excluding carboxylic acids is 1. The minimum atomic E-state index is -0.0797. The highest BCUT2D eigenvalue weighted by atomic mass is 32.2. The molecule has 1 amide bonds. The second kappa shape index (κ2) is 7.92. The third kappa shape index (κ3) is 6.13. The molecule has 1 atom stereocenters. The van der Waals surface area contributed by atoms with Crippen LogP contribution >= 0.6 is 11.8 Å². The normalized spacial score (nSPS) is 11.9. The Morgan fingerprint density at radius 3 is 3.06 bits per heavy atom. The Morgan fingerprint density at radius 1 is 1.59 bits per heavy atom. The first kappa shape index (κ1) is 13.8. The molecule has 0 aliphatic rings. The first-order chi connectivity index (χ1) is 8.22. The SMILES string of the molecule is CCC(N)CSCC(=O)NNc1ccccn1. The highest BCUT2D eigenvalue weighted by Gasteiger charge is 2.04. The van der Waals surface area contributed by atoms with Crippen LogP contribution in [0.4, 0.5) is 5.82 Å². The molecule has 0 saturated heterocycles. The number of hydrogen-bond donors (Lipinski definition) is 3. The van der Waals surface area contributed by atoms with E-state index in [1.807, 2.05) is 19.1 Å². The van der Waals surface area contributed by atoms with E-state index in [-0.39, 0.29) is 11.9 Å². The third-order valence-electron chi connectivity index (χ3n) is 2.08. The molecule has 5 nitrogen and oxygen atoms in total. The van der Waals surface area contributed by atoms with Crippen LogP contribution in [-0.2, 0) is 4.79 Å². The fourth-order valence-corrected chi connectivity index (χ4v) is 1.94. The summed E-state index contributed by atoms with van der Waals surface area (Å²) in [6, 6.07) is 5.60. The van der Waals surface area contributed by atoms with Crippen molar-refractivity contribution < 1.29 is 4.79 Å². The fourth-order valence-electron chi connectivity index (χ4n) is 1.03. The number of thioether (sulfide) groups is 1. The Kier molecular flexibility index (Phi) is 6.42. The molecule has 0 aliphatic carbocycles. The van der Waals surface area contributed by atoms with E-state index in [9.17, 15) is 4.79 Å². The molecule has 6 heteroatoms. The molecule has 17 heavy (non-hydrogen) atoms. The Bertz CT molecular complexity index is 334. The van der Waals surface area contributed by atoms with Crippen LogP contribution in [0.25, 0.3) is 0 Å². The molecule has 94 valence electrons. The van der Waals surface area contributed by atoms with Crippen LogP contribution in [0.15, 0.2) is 24.4 Å². The molecule has 1 unspecified atom stereocenters. The summed E-state index contributed by atoms with van der Waals surface area (Å²) in [7, 11) is 0. The molecule has 4 N–H and O–H groups in total. The summed E-state index contributed by atoms with van der Waals surface area (Å²) in [6.45, 7) is 2.04. The van der Waals surface area contributed by atoms with E-state index >= 15 is 0 Å². The number of rotatable bonds is 7. The zero-order valence-electron chi connectivity index (χ0n) is 9.85. The maximum absolute atomic E-state index is 11.4. The number of nitrogens with one attached hydrogen (secondary N) is 2. The Labute approximate surface area is 106 Å². The summed E-state index contributed by atoms with van der Waals surface area (Å²) in [4.78, 5) is 15.4. The molecule has 1 heterocycles. The van der Waals surface area contributed by atoms with E-state index in [4.69, 9.17) is 5.73 Å². The van der Waals surface area contributed by atoms with Crippen molar-refractivity contribution in [2.24, 2.45) is 5.73 Å². The van der Waals surface area contributed by atoms with Crippen molar-refractivity contribution in [2.45, 2.75) is 19.4 Å². The van der Waals surface area contributed by atoms with Gasteiger partial charge < -0.3 is 5.73 Å².